The standard InChI is InChI=1S/C19H26N4O/c1-23(2)14-6-11-20-17-10-13-21-18(15-17)19(24)22-12-9-16-7-4-3-5-8-16/h3-5,7-8,10,13,15H,6,9,11-12,14H2,1-2H3,(H,20,21)(H,22,24). The molecule has 2 rings (SSSR count). The van der Waals surface area contributed by atoms with E-state index in [1.165, 1.54) is 5.56 Å². The van der Waals surface area contributed by atoms with Gasteiger partial charge in [0.1, 0.15) is 5.69 Å². The van der Waals surface area contributed by atoms with Crippen molar-refractivity contribution in [3.63, 3.8) is 0 Å². The molecule has 0 spiro atoms. The first-order valence-electron chi connectivity index (χ1n) is 8.32. The second-order valence-corrected chi connectivity index (χ2v) is 6.00. The summed E-state index contributed by atoms with van der Waals surface area (Å²) in [5.74, 6) is -0.136. The number of benzene rings is 1. The number of hydrogen-bond acceptors (Lipinski definition) is 4. The molecule has 1 amide bonds. The molecule has 5 heteroatoms. The Morgan fingerprint density at radius 2 is 1.92 bits per heavy atom. The number of pyridine rings is 1. The van der Waals surface area contributed by atoms with Crippen molar-refractivity contribution in [2.75, 3.05) is 39.0 Å². The molecule has 0 bridgehead atoms. The number of anilines is 1. The Morgan fingerprint density at radius 3 is 2.67 bits per heavy atom. The van der Waals surface area contributed by atoms with Gasteiger partial charge in [0.05, 0.1) is 0 Å². The molecule has 0 aliphatic rings. The molecule has 1 aromatic carbocycles. The lowest BCUT2D eigenvalue weighted by molar-refractivity contribution is 0.0949. The van der Waals surface area contributed by atoms with E-state index >= 15 is 0 Å². The van der Waals surface area contributed by atoms with Gasteiger partial charge in [-0.25, -0.2) is 0 Å². The molecule has 0 saturated heterocycles. The van der Waals surface area contributed by atoms with Gasteiger partial charge in [-0.3, -0.25) is 9.78 Å². The van der Waals surface area contributed by atoms with Crippen LogP contribution in [-0.2, 0) is 6.42 Å². The molecule has 2 aromatic rings. The van der Waals surface area contributed by atoms with Crippen LogP contribution in [0.3, 0.4) is 0 Å². The van der Waals surface area contributed by atoms with Crippen molar-refractivity contribution in [1.82, 2.24) is 15.2 Å². The Hall–Kier alpha value is -2.40. The third-order valence-corrected chi connectivity index (χ3v) is 3.65. The van der Waals surface area contributed by atoms with Crippen molar-refractivity contribution in [2.45, 2.75) is 12.8 Å². The zero-order chi connectivity index (χ0) is 17.2. The maximum atomic E-state index is 12.2. The van der Waals surface area contributed by atoms with Crippen LogP contribution in [0.25, 0.3) is 0 Å². The van der Waals surface area contributed by atoms with E-state index in [-0.39, 0.29) is 5.91 Å². The van der Waals surface area contributed by atoms with Gasteiger partial charge in [0.2, 0.25) is 0 Å². The van der Waals surface area contributed by atoms with Crippen LogP contribution < -0.4 is 10.6 Å². The van der Waals surface area contributed by atoms with Gasteiger partial charge in [-0.15, -0.1) is 0 Å². The van der Waals surface area contributed by atoms with E-state index in [1.807, 2.05) is 24.3 Å². The predicted octanol–water partition coefficient (Wildman–Crippen LogP) is 2.42. The van der Waals surface area contributed by atoms with Crippen LogP contribution in [0, 0.1) is 0 Å². The smallest absolute Gasteiger partial charge is 0.269 e. The first-order chi connectivity index (χ1) is 11.6. The van der Waals surface area contributed by atoms with E-state index in [0.29, 0.717) is 12.2 Å². The van der Waals surface area contributed by atoms with E-state index in [2.05, 4.69) is 46.7 Å². The van der Waals surface area contributed by atoms with Gasteiger partial charge in [0.15, 0.2) is 0 Å². The highest BCUT2D eigenvalue weighted by molar-refractivity contribution is 5.93. The van der Waals surface area contributed by atoms with E-state index in [4.69, 9.17) is 0 Å². The molecular weight excluding hydrogens is 300 g/mol. The zero-order valence-corrected chi connectivity index (χ0v) is 14.5. The summed E-state index contributed by atoms with van der Waals surface area (Å²) in [6.45, 7) is 2.51. The fraction of sp³-hybridized carbons (Fsp3) is 0.368. The van der Waals surface area contributed by atoms with E-state index in [1.54, 1.807) is 12.3 Å². The quantitative estimate of drug-likeness (QED) is 0.695. The summed E-state index contributed by atoms with van der Waals surface area (Å²) in [6, 6.07) is 13.8. The maximum absolute atomic E-state index is 12.2. The Labute approximate surface area is 144 Å². The highest BCUT2D eigenvalue weighted by Crippen LogP contribution is 2.08. The minimum Gasteiger partial charge on any atom is -0.385 e. The SMILES string of the molecule is CN(C)CCCNc1ccnc(C(=O)NCCc2ccccc2)c1. The van der Waals surface area contributed by atoms with E-state index in [9.17, 15) is 4.79 Å². The number of hydrogen-bond donors (Lipinski definition) is 2. The normalized spacial score (nSPS) is 10.6. The summed E-state index contributed by atoms with van der Waals surface area (Å²) in [5.41, 5.74) is 2.58. The molecule has 0 saturated carbocycles. The lowest BCUT2D eigenvalue weighted by Crippen LogP contribution is -2.26. The Morgan fingerprint density at radius 1 is 1.12 bits per heavy atom. The summed E-state index contributed by atoms with van der Waals surface area (Å²) in [4.78, 5) is 18.5. The summed E-state index contributed by atoms with van der Waals surface area (Å²) in [5, 5.41) is 6.25. The van der Waals surface area contributed by atoms with Crippen molar-refractivity contribution < 1.29 is 4.79 Å². The second-order valence-electron chi connectivity index (χ2n) is 6.00. The molecule has 128 valence electrons. The number of rotatable bonds is 9. The Balaban J connectivity index is 1.78. The summed E-state index contributed by atoms with van der Waals surface area (Å²) < 4.78 is 0. The molecule has 0 radical (unpaired) electrons. The van der Waals surface area contributed by atoms with Crippen molar-refractivity contribution in [2.24, 2.45) is 0 Å². The molecule has 0 aliphatic heterocycles. The third kappa shape index (κ3) is 6.38. The fourth-order valence-corrected chi connectivity index (χ4v) is 2.35. The molecule has 1 aromatic heterocycles. The Bertz CT molecular complexity index is 628. The monoisotopic (exact) mass is 326 g/mol. The van der Waals surface area contributed by atoms with E-state index in [0.717, 1.165) is 31.6 Å². The van der Waals surface area contributed by atoms with Crippen LogP contribution in [0.4, 0.5) is 5.69 Å². The maximum Gasteiger partial charge on any atom is 0.269 e. The molecular formula is C19H26N4O. The van der Waals surface area contributed by atoms with E-state index < -0.39 is 0 Å². The third-order valence-electron chi connectivity index (χ3n) is 3.65. The largest absolute Gasteiger partial charge is 0.385 e. The van der Waals surface area contributed by atoms with Crippen molar-refractivity contribution in [1.29, 1.82) is 0 Å². The summed E-state index contributed by atoms with van der Waals surface area (Å²) in [7, 11) is 4.12. The number of amides is 1. The predicted molar refractivity (Wildman–Crippen MR) is 98.4 cm³/mol. The van der Waals surface area contributed by atoms with Crippen LogP contribution in [-0.4, -0.2) is 49.5 Å². The van der Waals surface area contributed by atoms with Gasteiger partial charge >= 0.3 is 0 Å². The minimum absolute atomic E-state index is 0.136. The molecule has 0 atom stereocenters. The molecule has 0 unspecified atom stereocenters. The van der Waals surface area contributed by atoms with Crippen LogP contribution in [0.1, 0.15) is 22.5 Å². The fourth-order valence-electron chi connectivity index (χ4n) is 2.35. The molecule has 0 aliphatic carbocycles. The molecule has 0 fully saturated rings. The molecule has 2 N–H and O–H groups in total. The lowest BCUT2D eigenvalue weighted by atomic mass is 10.1. The average Bonchev–Trinajstić information content (AvgIpc) is 2.60. The second kappa shape index (κ2) is 9.67. The average molecular weight is 326 g/mol. The topological polar surface area (TPSA) is 57.3 Å². The van der Waals surface area contributed by atoms with Crippen LogP contribution in [0.5, 0.6) is 0 Å². The highest BCUT2D eigenvalue weighted by atomic mass is 16.1. The van der Waals surface area contributed by atoms with Crippen LogP contribution >= 0.6 is 0 Å². The van der Waals surface area contributed by atoms with Crippen LogP contribution in [0.15, 0.2) is 48.7 Å². The number of carbonyl (C=O) groups excluding carboxylic acids is 1. The number of carbonyl (C=O) groups is 1. The lowest BCUT2D eigenvalue weighted by Gasteiger charge is -2.11. The van der Waals surface area contributed by atoms with Gasteiger partial charge in [0.25, 0.3) is 5.91 Å². The molecule has 5 nitrogen and oxygen atoms in total. The minimum atomic E-state index is -0.136. The highest BCUT2D eigenvalue weighted by Gasteiger charge is 2.07. The summed E-state index contributed by atoms with van der Waals surface area (Å²) in [6.07, 6.45) is 3.53. The van der Waals surface area contributed by atoms with Crippen molar-refractivity contribution >= 4 is 11.6 Å². The number of nitrogens with zero attached hydrogens (tertiary/aromatic N) is 2. The molecule has 24 heavy (non-hydrogen) atoms. The van der Waals surface area contributed by atoms with Crippen LogP contribution in [0.2, 0.25) is 0 Å². The first-order valence-corrected chi connectivity index (χ1v) is 8.32. The van der Waals surface area contributed by atoms with Gasteiger partial charge < -0.3 is 15.5 Å². The van der Waals surface area contributed by atoms with Crippen molar-refractivity contribution in [3.05, 3.63) is 59.9 Å². The van der Waals surface area contributed by atoms with Gasteiger partial charge in [-0.1, -0.05) is 30.3 Å². The van der Waals surface area contributed by atoms with Gasteiger partial charge in [0, 0.05) is 25.0 Å². The van der Waals surface area contributed by atoms with Gasteiger partial charge in [-0.05, 0) is 51.2 Å². The summed E-state index contributed by atoms with van der Waals surface area (Å²) >= 11 is 0. The first kappa shape index (κ1) is 17.9. The Kier molecular flexibility index (Phi) is 7.23. The van der Waals surface area contributed by atoms with Gasteiger partial charge in [-0.2, -0.15) is 0 Å². The van der Waals surface area contributed by atoms with Crippen molar-refractivity contribution in [3.8, 4) is 0 Å². The zero-order valence-electron chi connectivity index (χ0n) is 14.5. The number of nitrogens with one attached hydrogen (secondary N) is 2. The number of aromatic nitrogens is 1. The molecule has 1 heterocycles.